The summed E-state index contributed by atoms with van der Waals surface area (Å²) in [5, 5.41) is 11.8. The topological polar surface area (TPSA) is 124 Å². The first-order valence-electron chi connectivity index (χ1n) is 14.2. The quantitative estimate of drug-likeness (QED) is 0.0659. The van der Waals surface area contributed by atoms with E-state index in [9.17, 15) is 19.5 Å². The van der Waals surface area contributed by atoms with E-state index in [2.05, 4.69) is 11.6 Å². The molecule has 3 aromatic carbocycles. The fourth-order valence-electron chi connectivity index (χ4n) is 5.09. The molecule has 1 aromatic heterocycles. The number of aryl methyl sites for hydroxylation is 2. The monoisotopic (exact) mass is 640 g/mol. The molecule has 1 amide bonds. The maximum Gasteiger partial charge on any atom is 0.350 e. The Labute approximate surface area is 270 Å². The van der Waals surface area contributed by atoms with E-state index in [1.807, 2.05) is 37.3 Å². The van der Waals surface area contributed by atoms with E-state index in [-0.39, 0.29) is 27.9 Å². The first kappa shape index (κ1) is 32.0. The molecular weight excluding hydrogens is 608 g/mol. The minimum Gasteiger partial charge on any atom is -0.507 e. The smallest absolute Gasteiger partial charge is 0.350 e. The van der Waals surface area contributed by atoms with Crippen molar-refractivity contribution in [3.05, 3.63) is 118 Å². The standard InChI is InChI=1S/C35H32N2O8S/c1-6-16-44-34(41)32-21(3)36-35(46-32)37-29(23-12-15-26(42-4)27(18-23)43-5)28(31(39)33(37)40)30(38)24-13-14-25(20(2)17-24)45-19-22-10-8-7-9-11-22/h6-15,17-18,29,38H,1,16,19H2,2-5H3. The van der Waals surface area contributed by atoms with Crippen molar-refractivity contribution in [3.8, 4) is 17.2 Å². The molecule has 2 heterocycles. The van der Waals surface area contributed by atoms with Crippen LogP contribution in [0.3, 0.4) is 0 Å². The number of methoxy groups -OCH3 is 2. The molecule has 1 fully saturated rings. The fourth-order valence-corrected chi connectivity index (χ4v) is 6.08. The lowest BCUT2D eigenvalue weighted by Crippen LogP contribution is -2.29. The van der Waals surface area contributed by atoms with Crippen molar-refractivity contribution >= 4 is 39.9 Å². The summed E-state index contributed by atoms with van der Waals surface area (Å²) < 4.78 is 22.1. The third kappa shape index (κ3) is 6.22. The average molecular weight is 641 g/mol. The van der Waals surface area contributed by atoms with Gasteiger partial charge >= 0.3 is 11.9 Å². The zero-order valence-corrected chi connectivity index (χ0v) is 26.6. The van der Waals surface area contributed by atoms with Crippen LogP contribution in [0.25, 0.3) is 5.76 Å². The summed E-state index contributed by atoms with van der Waals surface area (Å²) in [6, 6.07) is 18.6. The Morgan fingerprint density at radius 3 is 2.39 bits per heavy atom. The first-order valence-corrected chi connectivity index (χ1v) is 15.1. The number of carbonyl (C=O) groups is 3. The highest BCUT2D eigenvalue weighted by Crippen LogP contribution is 2.45. The number of carbonyl (C=O) groups excluding carboxylic acids is 3. The van der Waals surface area contributed by atoms with E-state index >= 15 is 0 Å². The molecule has 1 saturated heterocycles. The van der Waals surface area contributed by atoms with E-state index in [1.165, 1.54) is 25.2 Å². The number of rotatable bonds is 11. The van der Waals surface area contributed by atoms with Crippen LogP contribution in [0.5, 0.6) is 17.2 Å². The fraction of sp³-hybridized carbons (Fsp3) is 0.200. The summed E-state index contributed by atoms with van der Waals surface area (Å²) in [7, 11) is 2.96. The molecule has 1 N–H and O–H groups in total. The van der Waals surface area contributed by atoms with Crippen LogP contribution in [0.15, 0.2) is 85.0 Å². The van der Waals surface area contributed by atoms with Crippen molar-refractivity contribution in [2.24, 2.45) is 0 Å². The van der Waals surface area contributed by atoms with Crippen molar-refractivity contribution < 1.29 is 38.4 Å². The molecule has 46 heavy (non-hydrogen) atoms. The second kappa shape index (κ2) is 13.7. The van der Waals surface area contributed by atoms with Gasteiger partial charge in [0, 0.05) is 5.56 Å². The van der Waals surface area contributed by atoms with Crippen molar-refractivity contribution in [2.75, 3.05) is 25.7 Å². The largest absolute Gasteiger partial charge is 0.507 e. The van der Waals surface area contributed by atoms with Crippen LogP contribution < -0.4 is 19.1 Å². The number of hydrogen-bond donors (Lipinski definition) is 1. The van der Waals surface area contributed by atoms with Gasteiger partial charge in [0.05, 0.1) is 31.5 Å². The van der Waals surface area contributed by atoms with Gasteiger partial charge in [-0.2, -0.15) is 0 Å². The predicted octanol–water partition coefficient (Wildman–Crippen LogP) is 6.33. The summed E-state index contributed by atoms with van der Waals surface area (Å²) in [5.74, 6) is -1.45. The highest BCUT2D eigenvalue weighted by atomic mass is 32.1. The summed E-state index contributed by atoms with van der Waals surface area (Å²) in [6.07, 6.45) is 1.44. The van der Waals surface area contributed by atoms with E-state index in [0.717, 1.165) is 22.5 Å². The van der Waals surface area contributed by atoms with Gasteiger partial charge in [-0.15, -0.1) is 0 Å². The molecule has 0 bridgehead atoms. The predicted molar refractivity (Wildman–Crippen MR) is 174 cm³/mol. The van der Waals surface area contributed by atoms with Gasteiger partial charge in [0.2, 0.25) is 0 Å². The molecule has 0 saturated carbocycles. The van der Waals surface area contributed by atoms with Gasteiger partial charge in [-0.1, -0.05) is 60.4 Å². The Hall–Kier alpha value is -5.42. The molecule has 11 heteroatoms. The van der Waals surface area contributed by atoms with Crippen LogP contribution >= 0.6 is 11.3 Å². The van der Waals surface area contributed by atoms with Crippen molar-refractivity contribution in [3.63, 3.8) is 0 Å². The number of aromatic nitrogens is 1. The van der Waals surface area contributed by atoms with E-state index in [4.69, 9.17) is 18.9 Å². The van der Waals surface area contributed by atoms with Gasteiger partial charge in [0.15, 0.2) is 16.6 Å². The molecule has 1 atom stereocenters. The van der Waals surface area contributed by atoms with Crippen molar-refractivity contribution in [1.29, 1.82) is 0 Å². The second-order valence-electron chi connectivity index (χ2n) is 10.3. The number of anilines is 1. The molecule has 5 rings (SSSR count). The molecule has 4 aromatic rings. The number of amides is 1. The number of aliphatic hydroxyl groups excluding tert-OH is 1. The summed E-state index contributed by atoms with van der Waals surface area (Å²) in [6.45, 7) is 7.34. The number of benzene rings is 3. The molecule has 0 aliphatic carbocycles. The minimum atomic E-state index is -1.11. The number of aliphatic hydroxyl groups is 1. The van der Waals surface area contributed by atoms with Gasteiger partial charge in [-0.05, 0) is 60.9 Å². The van der Waals surface area contributed by atoms with E-state index < -0.39 is 23.7 Å². The Bertz CT molecular complexity index is 1850. The van der Waals surface area contributed by atoms with Crippen molar-refractivity contribution in [2.45, 2.75) is 26.5 Å². The lowest BCUT2D eigenvalue weighted by molar-refractivity contribution is -0.132. The van der Waals surface area contributed by atoms with Gasteiger partial charge < -0.3 is 24.1 Å². The summed E-state index contributed by atoms with van der Waals surface area (Å²) in [5.41, 5.74) is 2.65. The lowest BCUT2D eigenvalue weighted by atomic mass is 9.94. The number of Topliss-reactive ketones (excluding diaryl/α,β-unsaturated/α-hetero) is 1. The molecule has 236 valence electrons. The van der Waals surface area contributed by atoms with Crippen LogP contribution in [-0.2, 0) is 20.9 Å². The number of ketones is 1. The minimum absolute atomic E-state index is 0.00281. The normalized spacial score (nSPS) is 15.5. The molecule has 1 aliphatic rings. The zero-order chi connectivity index (χ0) is 33.0. The number of hydrogen-bond acceptors (Lipinski definition) is 10. The van der Waals surface area contributed by atoms with Crippen LogP contribution in [0.4, 0.5) is 5.13 Å². The summed E-state index contributed by atoms with van der Waals surface area (Å²) in [4.78, 5) is 45.9. The highest BCUT2D eigenvalue weighted by molar-refractivity contribution is 7.17. The SMILES string of the molecule is C=CCOC(=O)c1sc(N2C(=O)C(=O)C(=C(O)c3ccc(OCc4ccccc4)c(C)c3)C2c2ccc(OC)c(OC)c2)nc1C. The molecule has 0 radical (unpaired) electrons. The van der Waals surface area contributed by atoms with Gasteiger partial charge in [-0.3, -0.25) is 14.5 Å². The lowest BCUT2D eigenvalue weighted by Gasteiger charge is -2.24. The number of ether oxygens (including phenoxy) is 4. The molecule has 0 spiro atoms. The third-order valence-electron chi connectivity index (χ3n) is 7.36. The summed E-state index contributed by atoms with van der Waals surface area (Å²) >= 11 is 0.911. The van der Waals surface area contributed by atoms with Gasteiger partial charge in [0.1, 0.15) is 29.6 Å². The molecular formula is C35H32N2O8S. The number of thiazole rings is 1. The Balaban J connectivity index is 1.60. The zero-order valence-electron chi connectivity index (χ0n) is 25.7. The number of nitrogens with zero attached hydrogens (tertiary/aromatic N) is 2. The second-order valence-corrected chi connectivity index (χ2v) is 11.3. The van der Waals surface area contributed by atoms with Crippen molar-refractivity contribution in [1.82, 2.24) is 4.98 Å². The first-order chi connectivity index (χ1) is 22.2. The Kier molecular flexibility index (Phi) is 9.53. The molecule has 10 nitrogen and oxygen atoms in total. The third-order valence-corrected chi connectivity index (χ3v) is 8.50. The molecule has 1 unspecified atom stereocenters. The Morgan fingerprint density at radius 2 is 1.72 bits per heavy atom. The van der Waals surface area contributed by atoms with Crippen LogP contribution in [0.1, 0.15) is 43.7 Å². The average Bonchev–Trinajstić information content (AvgIpc) is 3.58. The van der Waals surface area contributed by atoms with Gasteiger partial charge in [0.25, 0.3) is 5.78 Å². The maximum atomic E-state index is 13.7. The maximum absolute atomic E-state index is 13.7. The number of esters is 1. The Morgan fingerprint density at radius 1 is 1.00 bits per heavy atom. The van der Waals surface area contributed by atoms with Crippen LogP contribution in [-0.4, -0.2) is 48.6 Å². The van der Waals surface area contributed by atoms with E-state index in [0.29, 0.717) is 40.7 Å². The van der Waals surface area contributed by atoms with E-state index in [1.54, 1.807) is 43.3 Å². The van der Waals surface area contributed by atoms with Crippen LogP contribution in [0.2, 0.25) is 0 Å². The molecule has 1 aliphatic heterocycles. The van der Waals surface area contributed by atoms with Crippen LogP contribution in [0, 0.1) is 13.8 Å². The highest BCUT2D eigenvalue weighted by Gasteiger charge is 2.48. The van der Waals surface area contributed by atoms with Gasteiger partial charge in [-0.25, -0.2) is 9.78 Å².